The quantitative estimate of drug-likeness (QED) is 0.0256. The lowest BCUT2D eigenvalue weighted by Gasteiger charge is -2.63. The molecule has 5 aliphatic carbocycles. The number of para-hydroxylation sites is 1. The van der Waals surface area contributed by atoms with E-state index in [1.807, 2.05) is 55.5 Å². The Morgan fingerprint density at radius 1 is 0.640 bits per heavy atom. The number of fused-ring (bicyclic) bond motifs is 9. The highest BCUT2D eigenvalue weighted by Crippen LogP contribution is 2.72. The van der Waals surface area contributed by atoms with Crippen LogP contribution in [0.15, 0.2) is 83.7 Å². The van der Waals surface area contributed by atoms with Crippen LogP contribution in [0, 0.1) is 40.4 Å². The molecule has 0 aromatic heterocycles. The Morgan fingerprint density at radius 2 is 1.23 bits per heavy atom. The molecular formula is C95H140F2N12O26S. The van der Waals surface area contributed by atoms with Gasteiger partial charge in [-0.05, 0) is 137 Å². The number of carbonyl (C=O) groups is 11. The van der Waals surface area contributed by atoms with E-state index in [0.717, 1.165) is 47.7 Å². The van der Waals surface area contributed by atoms with Gasteiger partial charge in [0.2, 0.25) is 47.3 Å². The molecule has 41 heteroatoms. The van der Waals surface area contributed by atoms with Crippen molar-refractivity contribution in [1.29, 1.82) is 0 Å². The van der Waals surface area contributed by atoms with Crippen LogP contribution in [0.3, 0.4) is 0 Å². The first kappa shape index (κ1) is 110. The number of aliphatic hydroxyl groups is 1. The maximum Gasteiger partial charge on any atom is 0.312 e. The van der Waals surface area contributed by atoms with E-state index in [-0.39, 0.29) is 187 Å². The van der Waals surface area contributed by atoms with Crippen LogP contribution < -0.4 is 64.2 Å². The number of nitrogens with two attached hydrogens (primary N) is 2. The first-order valence-electron chi connectivity index (χ1n) is 47.5. The minimum absolute atomic E-state index is 0.000284. The van der Waals surface area contributed by atoms with Crippen molar-refractivity contribution in [2.45, 2.75) is 223 Å². The number of carbonyl (C=O) groups excluding carboxylic acids is 11. The van der Waals surface area contributed by atoms with Crippen LogP contribution in [-0.4, -0.2) is 300 Å². The number of anilines is 1. The summed E-state index contributed by atoms with van der Waals surface area (Å²) in [4.78, 5) is 151. The van der Waals surface area contributed by atoms with E-state index >= 15 is 13.6 Å². The van der Waals surface area contributed by atoms with Gasteiger partial charge >= 0.3 is 6.03 Å². The number of primary amides is 1. The van der Waals surface area contributed by atoms with Gasteiger partial charge in [0.15, 0.2) is 29.1 Å². The Kier molecular flexibility index (Phi) is 44.8. The third-order valence-corrected chi connectivity index (χ3v) is 26.5. The van der Waals surface area contributed by atoms with Crippen LogP contribution in [0.1, 0.15) is 173 Å². The summed E-state index contributed by atoms with van der Waals surface area (Å²) >= 11 is 0. The largest absolute Gasteiger partial charge is 0.399 e. The van der Waals surface area contributed by atoms with Gasteiger partial charge in [0, 0.05) is 92.0 Å². The Labute approximate surface area is 794 Å². The summed E-state index contributed by atoms with van der Waals surface area (Å²) in [6.45, 7) is 11.8. The van der Waals surface area contributed by atoms with Gasteiger partial charge in [-0.25, -0.2) is 13.6 Å². The van der Waals surface area contributed by atoms with Crippen molar-refractivity contribution < 1.29 is 132 Å². The number of benzene rings is 2. The topological polar surface area (TPSA) is 527 Å². The number of hydrogen-bond acceptors (Lipinski definition) is 27. The zero-order chi connectivity index (χ0) is 98.3. The molecule has 7 aliphatic rings. The molecule has 0 spiro atoms. The molecule has 3 saturated carbocycles. The summed E-state index contributed by atoms with van der Waals surface area (Å²) in [5.74, 6) is -2.37. The predicted molar refractivity (Wildman–Crippen MR) is 493 cm³/mol. The zero-order valence-corrected chi connectivity index (χ0v) is 79.6. The monoisotopic (exact) mass is 1930 g/mol. The molecule has 2 heterocycles. The fourth-order valence-corrected chi connectivity index (χ4v) is 19.1. The molecule has 14 atom stereocenters. The molecule has 38 nitrogen and oxygen atoms in total. The van der Waals surface area contributed by atoms with E-state index < -0.39 is 171 Å². The van der Waals surface area contributed by atoms with Crippen LogP contribution in [-0.2, 0) is 117 Å². The van der Waals surface area contributed by atoms with Crippen LogP contribution in [0.2, 0.25) is 0 Å². The number of unbranched alkanes of at least 4 members (excludes halogenated alkanes) is 1. The Balaban J connectivity index is 0.731. The molecule has 0 radical (unpaired) electrons. The van der Waals surface area contributed by atoms with E-state index in [9.17, 15) is 61.5 Å². The average Bonchev–Trinajstić information content (AvgIpc) is 1.49. The molecule has 4 fully saturated rings. The molecule has 2 aromatic carbocycles. The van der Waals surface area contributed by atoms with E-state index in [2.05, 4.69) is 59.7 Å². The fourth-order valence-electron chi connectivity index (χ4n) is 18.7. The summed E-state index contributed by atoms with van der Waals surface area (Å²) in [6, 6.07) is 10.2. The van der Waals surface area contributed by atoms with Gasteiger partial charge in [-0.1, -0.05) is 95.2 Å². The van der Waals surface area contributed by atoms with Gasteiger partial charge < -0.3 is 121 Å². The van der Waals surface area contributed by atoms with Gasteiger partial charge in [-0.3, -0.25) is 52.5 Å². The lowest BCUT2D eigenvalue weighted by atomic mass is 9.44. The van der Waals surface area contributed by atoms with Gasteiger partial charge in [0.1, 0.15) is 30.9 Å². The van der Waals surface area contributed by atoms with Crippen molar-refractivity contribution in [3.8, 4) is 11.8 Å². The molecule has 2 aromatic rings. The highest BCUT2D eigenvalue weighted by Gasteiger charge is 2.80. The SMILES string of the molecule is CCCC1O[C@@H]2C[C@H]3[C@@H]4C[C@H](F)C5=CC(=O)C=C[C@]5(C)[C@@]4(F)[C@@H](O)C[C@]3(C)[C@]2(C(=O)CNC(=O)[C@H](CCCNC(N)=O)NC(=O)[C@@H](NC(=O)[C@@H](CCCCNC(=O)COC2CCCCCC(NCCOCCOCCOCCOCCC(=O)NCCS(=O)(=O)O)=C2N)NC(=O)CCOCCOCCOCCOCCNC(=O)CCC(=O)N2Cc3ccccc3C#Cc3ccccc32)C(C)C)O1. The first-order chi connectivity index (χ1) is 65.2. The second-order valence-corrected chi connectivity index (χ2v) is 37.2. The lowest BCUT2D eigenvalue weighted by molar-refractivity contribution is -0.234. The fraction of sp³-hybridized carbons (Fsp3) is 0.674. The van der Waals surface area contributed by atoms with E-state index in [1.165, 1.54) is 19.1 Å². The maximum atomic E-state index is 18.3. The number of Topliss-reactive ketones (excluding diaryl/α,β-unsaturated/α-hetero) is 1. The predicted octanol–water partition coefficient (Wildman–Crippen LogP) is 3.60. The maximum absolute atomic E-state index is 18.3. The number of nitrogens with zero attached hydrogens (tertiary/aromatic N) is 1. The van der Waals surface area contributed by atoms with E-state index in [4.69, 9.17) is 68.1 Å². The standard InChI is InChI=1S/C95H140F2N12O26S/c1-6-17-85-134-79-58-68-69-57-71(96)70-56-67(110)30-33-92(70,4)94(69,97)77(111)59-93(68,5)95(79,135-85)78(112)60-105-88(118)73(23-16-35-104-91(99)121)107-90(120)87(63(2)3)108-89(119)74(22-14-15-34-101-83(116)62-133-76-25-9-7-8-21-72(86(76)98)100-36-41-127-45-49-131-53-51-129-47-43-125-39-31-81(114)103-38-55-136(122,123)124)106-82(115)32-40-126-44-48-130-52-54-132-50-46-128-42-37-102-80(113)28-29-84(117)109-61-66-20-11-10-18-64(66)26-27-65-19-12-13-24-75(65)109/h10-13,18-20,24,30,33,56,63,68-69,71,73-74,76-77,79,85,87,100,111H,6-9,14-17,21-23,25,28-29,31-32,34-55,57-62,98H2,1-5H3,(H,101,116)(H,102,113)(H,103,114)(H,105,118)(H,106,115)(H,107,120)(H,108,119)(H3,99,104,121)(H,122,123,124)/t68-,69-,71-,73-,74+,76?,77-,79+,85?,87-,92-,93-,94-,95+/m0/s1. The zero-order valence-electron chi connectivity index (χ0n) is 78.8. The van der Waals surface area contributed by atoms with Crippen LogP contribution in [0.4, 0.5) is 19.3 Å². The number of ketones is 2. The van der Waals surface area contributed by atoms with Crippen molar-refractivity contribution in [2.24, 2.45) is 40.1 Å². The molecule has 2 unspecified atom stereocenters. The number of hydrogen-bond donors (Lipinski definition) is 13. The number of urea groups is 1. The Hall–Kier alpha value is -9.52. The number of nitrogens with one attached hydrogen (secondary N) is 9. The molecule has 2 aliphatic heterocycles. The third-order valence-electron chi connectivity index (χ3n) is 25.8. The number of amides is 10. The van der Waals surface area contributed by atoms with Crippen molar-refractivity contribution in [2.75, 3.05) is 162 Å². The van der Waals surface area contributed by atoms with Crippen molar-refractivity contribution in [1.82, 2.24) is 47.9 Å². The van der Waals surface area contributed by atoms with Gasteiger partial charge in [-0.2, -0.15) is 8.42 Å². The highest BCUT2D eigenvalue weighted by atomic mass is 32.2. The summed E-state index contributed by atoms with van der Waals surface area (Å²) in [6.07, 6.45) is 2.00. The van der Waals surface area contributed by atoms with Crippen molar-refractivity contribution in [3.05, 3.63) is 100 Å². The van der Waals surface area contributed by atoms with Gasteiger partial charge in [0.25, 0.3) is 10.1 Å². The second-order valence-electron chi connectivity index (χ2n) is 35.7. The number of aliphatic hydroxyl groups excluding tert-OH is 1. The minimum Gasteiger partial charge on any atom is -0.399 e. The lowest BCUT2D eigenvalue weighted by Crippen LogP contribution is -2.71. The number of halogens is 2. The first-order valence-corrected chi connectivity index (χ1v) is 49.1. The van der Waals surface area contributed by atoms with Crippen molar-refractivity contribution >= 4 is 80.7 Å². The van der Waals surface area contributed by atoms with Crippen molar-refractivity contribution in [3.63, 3.8) is 0 Å². The second kappa shape index (κ2) is 55.3. The summed E-state index contributed by atoms with van der Waals surface area (Å²) in [5, 5.41) is 37.1. The molecule has 9 rings (SSSR count). The Morgan fingerprint density at radius 3 is 1.89 bits per heavy atom. The van der Waals surface area contributed by atoms with E-state index in [0.29, 0.717) is 89.6 Å². The summed E-state index contributed by atoms with van der Waals surface area (Å²) < 4.78 is 129. The summed E-state index contributed by atoms with van der Waals surface area (Å²) in [7, 11) is -4.16. The molecular weight excluding hydrogens is 1800 g/mol. The molecule has 0 bridgehead atoms. The number of ether oxygens (including phenoxy) is 11. The van der Waals surface area contributed by atoms with Crippen LogP contribution >= 0.6 is 0 Å². The average molecular weight is 1940 g/mol. The number of alkyl halides is 2. The minimum atomic E-state index is -4.16. The third kappa shape index (κ3) is 32.0. The smallest absolute Gasteiger partial charge is 0.312 e. The molecule has 10 amide bonds. The molecule has 756 valence electrons. The molecule has 15 N–H and O–H groups in total. The normalized spacial score (nSPS) is 23.8. The number of allylic oxidation sites excluding steroid dienone is 5. The molecule has 1 saturated heterocycles. The Bertz CT molecular complexity index is 4620. The summed E-state index contributed by atoms with van der Waals surface area (Å²) in [5.41, 5.74) is 9.00. The molecule has 136 heavy (non-hydrogen) atoms. The van der Waals surface area contributed by atoms with E-state index in [1.54, 1.807) is 25.7 Å². The highest BCUT2D eigenvalue weighted by molar-refractivity contribution is 7.85. The van der Waals surface area contributed by atoms with Gasteiger partial charge in [-0.15, -0.1) is 0 Å². The van der Waals surface area contributed by atoms with Crippen LogP contribution in [0.25, 0.3) is 0 Å². The van der Waals surface area contributed by atoms with Crippen LogP contribution in [0.5, 0.6) is 0 Å². The number of rotatable bonds is 61. The van der Waals surface area contributed by atoms with Gasteiger partial charge in [0.05, 0.1) is 154 Å².